The molecule has 3 rings (SSSR count). The molecule has 1 amide bonds. The van der Waals surface area contributed by atoms with Gasteiger partial charge in [0, 0.05) is 5.69 Å². The third-order valence-corrected chi connectivity index (χ3v) is 3.77. The minimum Gasteiger partial charge on any atom is -0.481 e. The van der Waals surface area contributed by atoms with E-state index in [1.807, 2.05) is 19.1 Å². The molecule has 7 heteroatoms. The summed E-state index contributed by atoms with van der Waals surface area (Å²) in [6.07, 6.45) is 0. The van der Waals surface area contributed by atoms with Gasteiger partial charge >= 0.3 is 0 Å². The molecule has 1 N–H and O–H groups in total. The number of hydrogen-bond acceptors (Lipinski definition) is 4. The van der Waals surface area contributed by atoms with Crippen LogP contribution < -0.4 is 15.5 Å². The van der Waals surface area contributed by atoms with Gasteiger partial charge in [0.2, 0.25) is 11.3 Å². The van der Waals surface area contributed by atoms with Gasteiger partial charge in [-0.3, -0.25) is 9.59 Å². The highest BCUT2D eigenvalue weighted by Gasteiger charge is 2.18. The first-order valence-electron chi connectivity index (χ1n) is 7.81. The van der Waals surface area contributed by atoms with E-state index in [2.05, 4.69) is 10.4 Å². The summed E-state index contributed by atoms with van der Waals surface area (Å²) in [4.78, 5) is 24.8. The molecule has 0 aliphatic heterocycles. The molecule has 26 heavy (non-hydrogen) atoms. The van der Waals surface area contributed by atoms with Crippen molar-refractivity contribution in [1.29, 1.82) is 0 Å². The molecule has 132 valence electrons. The lowest BCUT2D eigenvalue weighted by Gasteiger charge is -2.13. The number of carbonyl (C=O) groups excluding carboxylic acids is 1. The molecule has 6 nitrogen and oxygen atoms in total. The van der Waals surface area contributed by atoms with E-state index in [4.69, 9.17) is 4.74 Å². The highest BCUT2D eigenvalue weighted by molar-refractivity contribution is 6.03. The van der Waals surface area contributed by atoms with Crippen LogP contribution in [0.4, 0.5) is 10.1 Å². The molecule has 0 bridgehead atoms. The maximum Gasteiger partial charge on any atom is 0.280 e. The molecule has 0 saturated carbocycles. The minimum atomic E-state index is -0.655. The molecule has 0 radical (unpaired) electrons. The van der Waals surface area contributed by atoms with Crippen LogP contribution in [0.5, 0.6) is 5.88 Å². The quantitative estimate of drug-likeness (QED) is 0.783. The molecule has 0 fully saturated rings. The molecule has 1 heterocycles. The zero-order chi connectivity index (χ0) is 18.7. The Morgan fingerprint density at radius 2 is 1.92 bits per heavy atom. The third kappa shape index (κ3) is 3.46. The number of aryl methyl sites for hydroxylation is 1. The average molecular weight is 353 g/mol. The Balaban J connectivity index is 2.05. The molecule has 0 saturated heterocycles. The highest BCUT2D eigenvalue weighted by Crippen LogP contribution is 2.17. The standard InChI is InChI=1S/C19H16FN3O3/c1-12-6-3-4-9-15(12)21-19(25)18-16(24)11-17(26-2)23(22-18)14-8-5-7-13(20)10-14/h3-11H,1-2H3,(H,21,25). The monoisotopic (exact) mass is 353 g/mol. The summed E-state index contributed by atoms with van der Waals surface area (Å²) in [5.74, 6) is -1.04. The van der Waals surface area contributed by atoms with Gasteiger partial charge in [0.1, 0.15) is 5.82 Å². The number of methoxy groups -OCH3 is 1. The first kappa shape index (κ1) is 17.3. The fourth-order valence-corrected chi connectivity index (χ4v) is 2.43. The number of ether oxygens (including phenoxy) is 1. The molecule has 0 atom stereocenters. The number of nitrogens with one attached hydrogen (secondary N) is 1. The van der Waals surface area contributed by atoms with Crippen LogP contribution in [0.1, 0.15) is 16.1 Å². The van der Waals surface area contributed by atoms with E-state index in [1.165, 1.54) is 30.0 Å². The number of hydrogen-bond donors (Lipinski definition) is 1. The molecule has 3 aromatic rings. The van der Waals surface area contributed by atoms with Crippen molar-refractivity contribution >= 4 is 11.6 Å². The Bertz CT molecular complexity index is 1030. The summed E-state index contributed by atoms with van der Waals surface area (Å²) < 4.78 is 19.9. The summed E-state index contributed by atoms with van der Waals surface area (Å²) >= 11 is 0. The van der Waals surface area contributed by atoms with Gasteiger partial charge in [-0.05, 0) is 36.8 Å². The third-order valence-electron chi connectivity index (χ3n) is 3.77. The van der Waals surface area contributed by atoms with E-state index >= 15 is 0 Å². The molecule has 2 aromatic carbocycles. The van der Waals surface area contributed by atoms with Crippen molar-refractivity contribution < 1.29 is 13.9 Å². The van der Waals surface area contributed by atoms with Crippen molar-refractivity contribution in [3.05, 3.63) is 81.9 Å². The second-order valence-corrected chi connectivity index (χ2v) is 5.56. The van der Waals surface area contributed by atoms with E-state index in [9.17, 15) is 14.0 Å². The van der Waals surface area contributed by atoms with Crippen LogP contribution in [0.15, 0.2) is 59.4 Å². The molecule has 0 aliphatic rings. The van der Waals surface area contributed by atoms with Gasteiger partial charge in [-0.1, -0.05) is 24.3 Å². The number of halogens is 1. The van der Waals surface area contributed by atoms with Crippen LogP contribution in [0, 0.1) is 12.7 Å². The lowest BCUT2D eigenvalue weighted by atomic mass is 10.2. The number of carbonyl (C=O) groups is 1. The van der Waals surface area contributed by atoms with Crippen LogP contribution in [0.25, 0.3) is 5.69 Å². The van der Waals surface area contributed by atoms with E-state index in [0.717, 1.165) is 11.6 Å². The van der Waals surface area contributed by atoms with Crippen molar-refractivity contribution in [2.75, 3.05) is 12.4 Å². The number of benzene rings is 2. The first-order chi connectivity index (χ1) is 12.5. The van der Waals surface area contributed by atoms with E-state index in [1.54, 1.807) is 18.2 Å². The lowest BCUT2D eigenvalue weighted by Crippen LogP contribution is -2.26. The molecular weight excluding hydrogens is 337 g/mol. The van der Waals surface area contributed by atoms with Gasteiger partial charge in [-0.15, -0.1) is 0 Å². The van der Waals surface area contributed by atoms with Gasteiger partial charge < -0.3 is 10.1 Å². The van der Waals surface area contributed by atoms with Crippen molar-refractivity contribution in [3.8, 4) is 11.6 Å². The van der Waals surface area contributed by atoms with E-state index in [0.29, 0.717) is 11.4 Å². The largest absolute Gasteiger partial charge is 0.481 e. The van der Waals surface area contributed by atoms with Gasteiger partial charge in [0.05, 0.1) is 18.9 Å². The zero-order valence-corrected chi connectivity index (χ0v) is 14.2. The van der Waals surface area contributed by atoms with Crippen LogP contribution in [0.2, 0.25) is 0 Å². The summed E-state index contributed by atoms with van der Waals surface area (Å²) in [7, 11) is 1.36. The van der Waals surface area contributed by atoms with Crippen molar-refractivity contribution in [2.45, 2.75) is 6.92 Å². The molecule has 0 aliphatic carbocycles. The van der Waals surface area contributed by atoms with Crippen LogP contribution in [0.3, 0.4) is 0 Å². The van der Waals surface area contributed by atoms with Crippen molar-refractivity contribution in [1.82, 2.24) is 9.78 Å². The zero-order valence-electron chi connectivity index (χ0n) is 14.2. The van der Waals surface area contributed by atoms with Crippen LogP contribution in [-0.4, -0.2) is 22.8 Å². The summed E-state index contributed by atoms with van der Waals surface area (Å²) in [5, 5.41) is 6.75. The van der Waals surface area contributed by atoms with Crippen LogP contribution >= 0.6 is 0 Å². The van der Waals surface area contributed by atoms with Gasteiger partial charge in [0.25, 0.3) is 5.91 Å². The second-order valence-electron chi connectivity index (χ2n) is 5.56. The van der Waals surface area contributed by atoms with Crippen LogP contribution in [-0.2, 0) is 0 Å². The lowest BCUT2D eigenvalue weighted by molar-refractivity contribution is 0.101. The number of anilines is 1. The Hall–Kier alpha value is -3.48. The maximum absolute atomic E-state index is 13.5. The summed E-state index contributed by atoms with van der Waals surface area (Å²) in [6.45, 7) is 1.84. The van der Waals surface area contributed by atoms with E-state index in [-0.39, 0.29) is 11.6 Å². The Morgan fingerprint density at radius 1 is 1.15 bits per heavy atom. The number of aromatic nitrogens is 2. The smallest absolute Gasteiger partial charge is 0.280 e. The van der Waals surface area contributed by atoms with Crippen molar-refractivity contribution in [2.24, 2.45) is 0 Å². The minimum absolute atomic E-state index is 0.0908. The predicted octanol–water partition coefficient (Wildman–Crippen LogP) is 2.94. The molecule has 1 aromatic heterocycles. The summed E-state index contributed by atoms with van der Waals surface area (Å²) in [5.41, 5.74) is 0.831. The normalized spacial score (nSPS) is 10.4. The van der Waals surface area contributed by atoms with Gasteiger partial charge in [0.15, 0.2) is 5.69 Å². The maximum atomic E-state index is 13.5. The molecule has 0 unspecified atom stereocenters. The first-order valence-corrected chi connectivity index (χ1v) is 7.81. The topological polar surface area (TPSA) is 73.2 Å². The SMILES string of the molecule is COc1cc(=O)c(C(=O)Nc2ccccc2C)nn1-c1cccc(F)c1. The van der Waals surface area contributed by atoms with Crippen molar-refractivity contribution in [3.63, 3.8) is 0 Å². The molecule has 0 spiro atoms. The van der Waals surface area contributed by atoms with Gasteiger partial charge in [-0.25, -0.2) is 9.07 Å². The fraction of sp³-hybridized carbons (Fsp3) is 0.105. The van der Waals surface area contributed by atoms with E-state index < -0.39 is 17.2 Å². The Morgan fingerprint density at radius 3 is 2.62 bits per heavy atom. The Labute approximate surface area is 148 Å². The average Bonchev–Trinajstić information content (AvgIpc) is 2.63. The Kier molecular flexibility index (Phi) is 4.79. The summed E-state index contributed by atoms with van der Waals surface area (Å²) in [6, 6.07) is 13.9. The molecular formula is C19H16FN3O3. The predicted molar refractivity (Wildman–Crippen MR) is 95.5 cm³/mol. The number of amides is 1. The number of para-hydroxylation sites is 1. The second kappa shape index (κ2) is 7.18. The number of rotatable bonds is 4. The highest BCUT2D eigenvalue weighted by atomic mass is 19.1. The number of nitrogens with zero attached hydrogens (tertiary/aromatic N) is 2. The van der Waals surface area contributed by atoms with Gasteiger partial charge in [-0.2, -0.15) is 5.10 Å². The fourth-order valence-electron chi connectivity index (χ4n) is 2.43.